The number of likely N-dealkylation sites (N-methyl/N-ethyl adjacent to an activating group) is 1. The lowest BCUT2D eigenvalue weighted by atomic mass is 10.0. The zero-order chi connectivity index (χ0) is 17.1. The Morgan fingerprint density at radius 1 is 1.33 bits per heavy atom. The number of rotatable bonds is 6. The van der Waals surface area contributed by atoms with Gasteiger partial charge in [0.1, 0.15) is 19.1 Å². The van der Waals surface area contributed by atoms with E-state index in [0.717, 1.165) is 53.8 Å². The average Bonchev–Trinajstić information content (AvgIpc) is 2.58. The molecular formula is C18H25N3O3. The zero-order valence-electron chi connectivity index (χ0n) is 14.6. The maximum Gasteiger partial charge on any atom is 0.258 e. The fourth-order valence-corrected chi connectivity index (χ4v) is 3.10. The maximum absolute atomic E-state index is 12.8. The molecule has 1 aromatic carbocycles. The van der Waals surface area contributed by atoms with Crippen molar-refractivity contribution in [2.45, 2.75) is 19.6 Å². The summed E-state index contributed by atoms with van der Waals surface area (Å²) in [6, 6.07) is 5.88. The molecule has 1 aliphatic heterocycles. The fraction of sp³-hybridized carbons (Fsp3) is 0.500. The van der Waals surface area contributed by atoms with E-state index < -0.39 is 0 Å². The van der Waals surface area contributed by atoms with E-state index in [-0.39, 0.29) is 12.3 Å². The minimum Gasteiger partial charge on any atom is -0.492 e. The molecule has 3 rings (SSSR count). The average molecular weight is 331 g/mol. The van der Waals surface area contributed by atoms with Crippen molar-refractivity contribution >= 4 is 16.6 Å². The lowest BCUT2D eigenvalue weighted by Gasteiger charge is -2.22. The maximum atomic E-state index is 12.8. The van der Waals surface area contributed by atoms with E-state index in [2.05, 4.69) is 10.2 Å². The van der Waals surface area contributed by atoms with Crippen LogP contribution in [0.1, 0.15) is 12.0 Å². The number of nitrogens with zero attached hydrogens (tertiary/aromatic N) is 2. The van der Waals surface area contributed by atoms with Gasteiger partial charge in [0.2, 0.25) is 0 Å². The van der Waals surface area contributed by atoms with Crippen LogP contribution in [-0.2, 0) is 17.9 Å². The van der Waals surface area contributed by atoms with E-state index >= 15 is 0 Å². The molecule has 0 radical (unpaired) electrons. The van der Waals surface area contributed by atoms with Crippen LogP contribution in [0.25, 0.3) is 10.9 Å². The van der Waals surface area contributed by atoms with Gasteiger partial charge < -0.3 is 19.7 Å². The predicted molar refractivity (Wildman–Crippen MR) is 96.1 cm³/mol. The molecule has 1 aliphatic rings. The van der Waals surface area contributed by atoms with Gasteiger partial charge in [-0.2, -0.15) is 0 Å². The third-order valence-electron chi connectivity index (χ3n) is 4.30. The van der Waals surface area contributed by atoms with Gasteiger partial charge in [0, 0.05) is 31.1 Å². The van der Waals surface area contributed by atoms with Crippen LogP contribution >= 0.6 is 0 Å². The van der Waals surface area contributed by atoms with Crippen molar-refractivity contribution in [3.8, 4) is 5.75 Å². The van der Waals surface area contributed by atoms with Gasteiger partial charge in [-0.3, -0.25) is 9.36 Å². The normalized spacial score (nSPS) is 13.8. The third-order valence-corrected chi connectivity index (χ3v) is 4.30. The topological polar surface area (TPSA) is 55.7 Å². The van der Waals surface area contributed by atoms with Crippen LogP contribution in [-0.4, -0.2) is 50.4 Å². The summed E-state index contributed by atoms with van der Waals surface area (Å²) >= 11 is 0. The molecule has 0 bridgehead atoms. The number of ether oxygens (including phenoxy) is 2. The Bertz CT molecular complexity index is 783. The second kappa shape index (κ2) is 7.23. The minimum atomic E-state index is 0.0350. The molecule has 6 heteroatoms. The van der Waals surface area contributed by atoms with Gasteiger partial charge in [-0.05, 0) is 45.1 Å². The summed E-state index contributed by atoms with van der Waals surface area (Å²) in [4.78, 5) is 14.8. The molecule has 0 spiro atoms. The number of methoxy groups -OCH3 is 1. The molecule has 6 nitrogen and oxygen atoms in total. The van der Waals surface area contributed by atoms with Crippen LogP contribution in [0.4, 0.5) is 5.69 Å². The van der Waals surface area contributed by atoms with E-state index in [0.29, 0.717) is 6.61 Å². The van der Waals surface area contributed by atoms with Gasteiger partial charge in [0.05, 0.1) is 11.2 Å². The lowest BCUT2D eigenvalue weighted by molar-refractivity contribution is 0.131. The number of nitrogens with one attached hydrogen (secondary N) is 1. The zero-order valence-corrected chi connectivity index (χ0v) is 14.6. The first-order valence-corrected chi connectivity index (χ1v) is 8.31. The van der Waals surface area contributed by atoms with Crippen LogP contribution in [0, 0.1) is 0 Å². The van der Waals surface area contributed by atoms with Crippen molar-refractivity contribution in [1.29, 1.82) is 0 Å². The molecule has 0 fully saturated rings. The van der Waals surface area contributed by atoms with Gasteiger partial charge >= 0.3 is 0 Å². The van der Waals surface area contributed by atoms with Crippen LogP contribution in [0.2, 0.25) is 0 Å². The van der Waals surface area contributed by atoms with E-state index in [1.165, 1.54) is 0 Å². The highest BCUT2D eigenvalue weighted by atomic mass is 16.5. The molecule has 1 aromatic heterocycles. The summed E-state index contributed by atoms with van der Waals surface area (Å²) in [6.45, 7) is 2.63. The molecule has 1 N–H and O–H groups in total. The highest BCUT2D eigenvalue weighted by Gasteiger charge is 2.19. The summed E-state index contributed by atoms with van der Waals surface area (Å²) in [5.74, 6) is 0.821. The largest absolute Gasteiger partial charge is 0.492 e. The van der Waals surface area contributed by atoms with Gasteiger partial charge in [0.15, 0.2) is 0 Å². The van der Waals surface area contributed by atoms with Crippen molar-refractivity contribution in [3.63, 3.8) is 0 Å². The Morgan fingerprint density at radius 2 is 2.17 bits per heavy atom. The fourth-order valence-electron chi connectivity index (χ4n) is 3.10. The number of fused-ring (bicyclic) bond motifs is 3. The van der Waals surface area contributed by atoms with Gasteiger partial charge in [0.25, 0.3) is 5.56 Å². The molecule has 130 valence electrons. The second-order valence-electron chi connectivity index (χ2n) is 6.37. The van der Waals surface area contributed by atoms with Gasteiger partial charge in [-0.25, -0.2) is 0 Å². The number of pyridine rings is 1. The number of hydrogen-bond donors (Lipinski definition) is 1. The highest BCUT2D eigenvalue weighted by Crippen LogP contribution is 2.31. The summed E-state index contributed by atoms with van der Waals surface area (Å²) in [5.41, 5.74) is 2.70. The SMILES string of the molecule is COCn1c(=O)c2c(c3cc(OCCN(C)C)ccc31)NCCC2. The van der Waals surface area contributed by atoms with Crippen LogP contribution in [0.3, 0.4) is 0 Å². The van der Waals surface area contributed by atoms with Crippen LogP contribution in [0.15, 0.2) is 23.0 Å². The first-order chi connectivity index (χ1) is 11.6. The molecule has 0 saturated heterocycles. The van der Waals surface area contributed by atoms with Crippen molar-refractivity contribution in [2.75, 3.05) is 46.2 Å². The number of aromatic nitrogens is 1. The molecule has 0 saturated carbocycles. The lowest BCUT2D eigenvalue weighted by Crippen LogP contribution is -2.29. The van der Waals surface area contributed by atoms with Crippen molar-refractivity contribution in [3.05, 3.63) is 34.1 Å². The van der Waals surface area contributed by atoms with E-state index in [1.54, 1.807) is 11.7 Å². The Kier molecular flexibility index (Phi) is 5.06. The van der Waals surface area contributed by atoms with Crippen molar-refractivity contribution in [2.24, 2.45) is 0 Å². The Labute approximate surface area is 142 Å². The summed E-state index contributed by atoms with van der Waals surface area (Å²) in [7, 11) is 5.65. The Balaban J connectivity index is 2.06. The molecule has 24 heavy (non-hydrogen) atoms. The van der Waals surface area contributed by atoms with Crippen molar-refractivity contribution in [1.82, 2.24) is 9.47 Å². The molecule has 0 atom stereocenters. The second-order valence-corrected chi connectivity index (χ2v) is 6.37. The van der Waals surface area contributed by atoms with E-state index in [1.807, 2.05) is 32.3 Å². The third kappa shape index (κ3) is 3.25. The molecular weight excluding hydrogens is 306 g/mol. The molecule has 2 heterocycles. The van der Waals surface area contributed by atoms with Gasteiger partial charge in [-0.1, -0.05) is 0 Å². The number of hydrogen-bond acceptors (Lipinski definition) is 5. The van der Waals surface area contributed by atoms with Gasteiger partial charge in [-0.15, -0.1) is 0 Å². The minimum absolute atomic E-state index is 0.0350. The summed E-state index contributed by atoms with van der Waals surface area (Å²) in [6.07, 6.45) is 1.77. The number of anilines is 1. The monoisotopic (exact) mass is 331 g/mol. The number of benzene rings is 1. The highest BCUT2D eigenvalue weighted by molar-refractivity contribution is 5.94. The molecule has 2 aromatic rings. The summed E-state index contributed by atoms with van der Waals surface area (Å²) < 4.78 is 12.8. The summed E-state index contributed by atoms with van der Waals surface area (Å²) in [5, 5.41) is 4.42. The molecule has 0 unspecified atom stereocenters. The predicted octanol–water partition coefficient (Wildman–Crippen LogP) is 1.90. The standard InChI is InChI=1S/C18H25N3O3/c1-20(2)9-10-24-13-6-7-16-15(11-13)17-14(5-4-8-19-17)18(22)21(16)12-23-3/h6-7,11,19H,4-5,8-10,12H2,1-3H3. The van der Waals surface area contributed by atoms with E-state index in [9.17, 15) is 4.79 Å². The van der Waals surface area contributed by atoms with Crippen LogP contribution < -0.4 is 15.6 Å². The van der Waals surface area contributed by atoms with Crippen molar-refractivity contribution < 1.29 is 9.47 Å². The van der Waals surface area contributed by atoms with Crippen LogP contribution in [0.5, 0.6) is 5.75 Å². The quantitative estimate of drug-likeness (QED) is 0.876. The first-order valence-electron chi connectivity index (χ1n) is 8.31. The molecule has 0 aliphatic carbocycles. The smallest absolute Gasteiger partial charge is 0.258 e. The molecule has 0 amide bonds. The Hall–Kier alpha value is -2.05. The van der Waals surface area contributed by atoms with E-state index in [4.69, 9.17) is 9.47 Å². The first kappa shape index (κ1) is 16.8. The Morgan fingerprint density at radius 3 is 2.92 bits per heavy atom.